The summed E-state index contributed by atoms with van der Waals surface area (Å²) >= 11 is 5.82. The number of carbonyl (C=O) groups is 1. The normalized spacial score (nSPS) is 10.5. The molecule has 122 valence electrons. The summed E-state index contributed by atoms with van der Waals surface area (Å²) in [6, 6.07) is 16.8. The van der Waals surface area contributed by atoms with Crippen molar-refractivity contribution in [2.45, 2.75) is 12.8 Å². The predicted octanol–water partition coefficient (Wildman–Crippen LogP) is 3.29. The molecule has 6 heteroatoms. The molecule has 1 aromatic heterocycles. The van der Waals surface area contributed by atoms with Gasteiger partial charge in [0.25, 0.3) is 0 Å². The van der Waals surface area contributed by atoms with Gasteiger partial charge < -0.3 is 9.84 Å². The van der Waals surface area contributed by atoms with Gasteiger partial charge in [0.05, 0.1) is 6.42 Å². The highest BCUT2D eigenvalue weighted by molar-refractivity contribution is 6.30. The first kappa shape index (κ1) is 16.2. The van der Waals surface area contributed by atoms with Crippen LogP contribution in [0.4, 0.5) is 0 Å². The molecule has 0 radical (unpaired) electrons. The van der Waals surface area contributed by atoms with E-state index in [1.807, 2.05) is 42.5 Å². The van der Waals surface area contributed by atoms with Crippen LogP contribution in [0.2, 0.25) is 5.02 Å². The van der Waals surface area contributed by atoms with Gasteiger partial charge in [-0.2, -0.15) is 4.98 Å². The minimum Gasteiger partial charge on any atom is -0.355 e. The van der Waals surface area contributed by atoms with Crippen molar-refractivity contribution in [3.8, 4) is 11.4 Å². The molecule has 3 rings (SSSR count). The Morgan fingerprint density at radius 1 is 1.08 bits per heavy atom. The minimum atomic E-state index is -0.0554. The number of hydrogen-bond donors (Lipinski definition) is 1. The van der Waals surface area contributed by atoms with E-state index < -0.39 is 0 Å². The summed E-state index contributed by atoms with van der Waals surface area (Å²) in [5, 5.41) is 7.45. The Kier molecular flexibility index (Phi) is 5.23. The van der Waals surface area contributed by atoms with E-state index in [9.17, 15) is 4.79 Å². The van der Waals surface area contributed by atoms with E-state index in [4.69, 9.17) is 16.1 Å². The maximum absolute atomic E-state index is 11.9. The lowest BCUT2D eigenvalue weighted by Gasteiger charge is -2.03. The maximum Gasteiger partial charge on any atom is 0.228 e. The largest absolute Gasteiger partial charge is 0.355 e. The molecule has 0 fully saturated rings. The Labute approximate surface area is 144 Å². The molecular weight excluding hydrogens is 326 g/mol. The highest BCUT2D eigenvalue weighted by Gasteiger charge is 2.09. The number of nitrogens with one attached hydrogen (secondary N) is 1. The first-order valence-electron chi connectivity index (χ1n) is 7.60. The smallest absolute Gasteiger partial charge is 0.228 e. The van der Waals surface area contributed by atoms with Gasteiger partial charge in [-0.1, -0.05) is 59.2 Å². The Morgan fingerprint density at radius 2 is 1.83 bits per heavy atom. The van der Waals surface area contributed by atoms with E-state index in [0.29, 0.717) is 36.1 Å². The van der Waals surface area contributed by atoms with E-state index in [1.54, 1.807) is 12.1 Å². The van der Waals surface area contributed by atoms with Crippen LogP contribution in [0.5, 0.6) is 0 Å². The minimum absolute atomic E-state index is 0.0554. The van der Waals surface area contributed by atoms with Crippen LogP contribution in [0, 0.1) is 0 Å². The number of hydrogen-bond acceptors (Lipinski definition) is 4. The zero-order valence-electron chi connectivity index (χ0n) is 12.9. The molecule has 1 amide bonds. The standard InChI is InChI=1S/C18H16ClN3O2/c19-15-8-6-13(7-9-15)12-16(23)20-11-10-17-21-18(22-24-17)14-4-2-1-3-5-14/h1-9H,10-12H2,(H,20,23). The summed E-state index contributed by atoms with van der Waals surface area (Å²) in [6.45, 7) is 0.447. The van der Waals surface area contributed by atoms with Crippen LogP contribution in [0.25, 0.3) is 11.4 Å². The Morgan fingerprint density at radius 3 is 2.58 bits per heavy atom. The highest BCUT2D eigenvalue weighted by Crippen LogP contribution is 2.14. The second kappa shape index (κ2) is 7.75. The summed E-state index contributed by atoms with van der Waals surface area (Å²) < 4.78 is 5.21. The number of benzene rings is 2. The van der Waals surface area contributed by atoms with E-state index >= 15 is 0 Å². The molecule has 0 aliphatic carbocycles. The van der Waals surface area contributed by atoms with Crippen molar-refractivity contribution in [1.29, 1.82) is 0 Å². The third-order valence-electron chi connectivity index (χ3n) is 3.44. The average Bonchev–Trinajstić information content (AvgIpc) is 3.07. The van der Waals surface area contributed by atoms with Gasteiger partial charge in [0.2, 0.25) is 17.6 Å². The lowest BCUT2D eigenvalue weighted by Crippen LogP contribution is -2.27. The molecule has 0 spiro atoms. The third kappa shape index (κ3) is 4.43. The fourth-order valence-electron chi connectivity index (χ4n) is 2.22. The van der Waals surface area contributed by atoms with Crippen LogP contribution in [0.15, 0.2) is 59.1 Å². The molecule has 5 nitrogen and oxygen atoms in total. The SMILES string of the molecule is O=C(Cc1ccc(Cl)cc1)NCCc1nc(-c2ccccc2)no1. The quantitative estimate of drug-likeness (QED) is 0.747. The van der Waals surface area contributed by atoms with Crippen molar-refractivity contribution in [1.82, 2.24) is 15.5 Å². The van der Waals surface area contributed by atoms with Crippen LogP contribution in [0.1, 0.15) is 11.5 Å². The predicted molar refractivity (Wildman–Crippen MR) is 91.6 cm³/mol. The Hall–Kier alpha value is -2.66. The monoisotopic (exact) mass is 341 g/mol. The second-order valence-corrected chi connectivity index (χ2v) is 5.72. The lowest BCUT2D eigenvalue weighted by molar-refractivity contribution is -0.120. The molecule has 2 aromatic carbocycles. The van der Waals surface area contributed by atoms with Crippen molar-refractivity contribution >= 4 is 17.5 Å². The number of rotatable bonds is 6. The first-order chi connectivity index (χ1) is 11.7. The highest BCUT2D eigenvalue weighted by atomic mass is 35.5. The zero-order chi connectivity index (χ0) is 16.8. The van der Waals surface area contributed by atoms with E-state index in [0.717, 1.165) is 11.1 Å². The topological polar surface area (TPSA) is 68.0 Å². The molecule has 1 heterocycles. The third-order valence-corrected chi connectivity index (χ3v) is 3.69. The molecule has 0 bridgehead atoms. The summed E-state index contributed by atoms with van der Waals surface area (Å²) in [7, 11) is 0. The van der Waals surface area contributed by atoms with Crippen molar-refractivity contribution in [3.05, 3.63) is 71.1 Å². The van der Waals surface area contributed by atoms with Crippen molar-refractivity contribution in [2.24, 2.45) is 0 Å². The number of carbonyl (C=O) groups excluding carboxylic acids is 1. The molecule has 0 atom stereocenters. The number of halogens is 1. The van der Waals surface area contributed by atoms with E-state index in [2.05, 4.69) is 15.5 Å². The fourth-order valence-corrected chi connectivity index (χ4v) is 2.35. The molecular formula is C18H16ClN3O2. The van der Waals surface area contributed by atoms with Gasteiger partial charge in [-0.25, -0.2) is 0 Å². The fraction of sp³-hybridized carbons (Fsp3) is 0.167. The van der Waals surface area contributed by atoms with Crippen LogP contribution < -0.4 is 5.32 Å². The summed E-state index contributed by atoms with van der Waals surface area (Å²) in [5.74, 6) is 0.999. The molecule has 24 heavy (non-hydrogen) atoms. The van der Waals surface area contributed by atoms with Crippen molar-refractivity contribution in [3.63, 3.8) is 0 Å². The zero-order valence-corrected chi connectivity index (χ0v) is 13.7. The van der Waals surface area contributed by atoms with Crippen LogP contribution in [-0.4, -0.2) is 22.6 Å². The van der Waals surface area contributed by atoms with Gasteiger partial charge in [0.15, 0.2) is 0 Å². The number of nitrogens with zero attached hydrogens (tertiary/aromatic N) is 2. The van der Waals surface area contributed by atoms with Gasteiger partial charge in [-0.3, -0.25) is 4.79 Å². The van der Waals surface area contributed by atoms with E-state index in [1.165, 1.54) is 0 Å². The Balaban J connectivity index is 1.47. The van der Waals surface area contributed by atoms with Gasteiger partial charge in [0, 0.05) is 23.6 Å². The van der Waals surface area contributed by atoms with Gasteiger partial charge >= 0.3 is 0 Å². The van der Waals surface area contributed by atoms with Gasteiger partial charge in [-0.15, -0.1) is 0 Å². The van der Waals surface area contributed by atoms with Gasteiger partial charge in [0.1, 0.15) is 0 Å². The van der Waals surface area contributed by atoms with Gasteiger partial charge in [-0.05, 0) is 17.7 Å². The Bertz CT molecular complexity index is 801. The molecule has 0 unspecified atom stereocenters. The van der Waals surface area contributed by atoms with Crippen LogP contribution >= 0.6 is 11.6 Å². The average molecular weight is 342 g/mol. The van der Waals surface area contributed by atoms with E-state index in [-0.39, 0.29) is 5.91 Å². The summed E-state index contributed by atoms with van der Waals surface area (Å²) in [6.07, 6.45) is 0.808. The molecule has 3 aromatic rings. The summed E-state index contributed by atoms with van der Waals surface area (Å²) in [5.41, 5.74) is 1.82. The van der Waals surface area contributed by atoms with Crippen molar-refractivity contribution in [2.75, 3.05) is 6.54 Å². The molecule has 0 saturated carbocycles. The first-order valence-corrected chi connectivity index (χ1v) is 7.97. The summed E-state index contributed by atoms with van der Waals surface area (Å²) in [4.78, 5) is 16.2. The maximum atomic E-state index is 11.9. The molecule has 0 saturated heterocycles. The molecule has 0 aliphatic heterocycles. The number of amides is 1. The van der Waals surface area contributed by atoms with Crippen LogP contribution in [0.3, 0.4) is 0 Å². The lowest BCUT2D eigenvalue weighted by atomic mass is 10.1. The molecule has 0 aliphatic rings. The number of aromatic nitrogens is 2. The van der Waals surface area contributed by atoms with Crippen LogP contribution in [-0.2, 0) is 17.6 Å². The van der Waals surface area contributed by atoms with Crippen molar-refractivity contribution < 1.29 is 9.32 Å². The molecule has 1 N–H and O–H groups in total. The second-order valence-electron chi connectivity index (χ2n) is 5.28.